The Kier molecular flexibility index (Phi) is 6.45. The summed E-state index contributed by atoms with van der Waals surface area (Å²) in [4.78, 5) is 20.0. The number of nitrogens with one attached hydrogen (secondary N) is 2. The molecule has 7 heteroatoms. The average Bonchev–Trinajstić information content (AvgIpc) is 2.68. The van der Waals surface area contributed by atoms with Crippen LogP contribution < -0.4 is 10.6 Å². The van der Waals surface area contributed by atoms with Crippen LogP contribution in [0.4, 0.5) is 5.82 Å². The SMILES string of the molecule is CN1CCC(C#N)(NC(=O)C(CC(C)(C)C)Nc2nccc3c2CCOC3)CC1. The Bertz CT molecular complexity index is 772. The van der Waals surface area contributed by atoms with Crippen molar-refractivity contribution in [3.8, 4) is 6.07 Å². The monoisotopic (exact) mass is 399 g/mol. The van der Waals surface area contributed by atoms with Crippen LogP contribution in [0.2, 0.25) is 0 Å². The van der Waals surface area contributed by atoms with E-state index in [0.29, 0.717) is 32.5 Å². The van der Waals surface area contributed by atoms with Crippen LogP contribution >= 0.6 is 0 Å². The second-order valence-corrected chi connectivity index (χ2v) is 9.55. The van der Waals surface area contributed by atoms with E-state index in [1.165, 1.54) is 0 Å². The fourth-order valence-electron chi connectivity index (χ4n) is 4.00. The van der Waals surface area contributed by atoms with Crippen molar-refractivity contribution >= 4 is 11.7 Å². The molecule has 0 radical (unpaired) electrons. The molecule has 1 atom stereocenters. The van der Waals surface area contributed by atoms with Crippen molar-refractivity contribution in [1.29, 1.82) is 5.26 Å². The number of piperidine rings is 1. The number of nitrogens with zero attached hydrogens (tertiary/aromatic N) is 3. The Morgan fingerprint density at radius 1 is 1.41 bits per heavy atom. The number of pyridine rings is 1. The molecular weight excluding hydrogens is 366 g/mol. The minimum Gasteiger partial charge on any atom is -0.376 e. The summed E-state index contributed by atoms with van der Waals surface area (Å²) >= 11 is 0. The van der Waals surface area contributed by atoms with Gasteiger partial charge in [0.05, 0.1) is 19.3 Å². The first kappa shape index (κ1) is 21.5. The molecule has 2 N–H and O–H groups in total. The number of carbonyl (C=O) groups excluding carboxylic acids is 1. The van der Waals surface area contributed by atoms with Crippen LogP contribution in [0.25, 0.3) is 0 Å². The zero-order valence-corrected chi connectivity index (χ0v) is 18.0. The van der Waals surface area contributed by atoms with E-state index < -0.39 is 11.6 Å². The molecule has 0 spiro atoms. The van der Waals surface area contributed by atoms with E-state index in [2.05, 4.69) is 47.4 Å². The summed E-state index contributed by atoms with van der Waals surface area (Å²) in [5.74, 6) is 0.627. The Morgan fingerprint density at radius 2 is 2.14 bits per heavy atom. The summed E-state index contributed by atoms with van der Waals surface area (Å²) in [6.45, 7) is 9.20. The van der Waals surface area contributed by atoms with E-state index in [1.807, 2.05) is 13.1 Å². The van der Waals surface area contributed by atoms with Gasteiger partial charge < -0.3 is 20.3 Å². The predicted molar refractivity (Wildman–Crippen MR) is 112 cm³/mol. The molecular formula is C22H33N5O2. The second-order valence-electron chi connectivity index (χ2n) is 9.55. The maximum atomic E-state index is 13.3. The highest BCUT2D eigenvalue weighted by atomic mass is 16.5. The number of amides is 1. The third-order valence-electron chi connectivity index (χ3n) is 5.77. The minimum atomic E-state index is -0.793. The fourth-order valence-corrected chi connectivity index (χ4v) is 4.00. The molecule has 1 aromatic rings. The number of ether oxygens (including phenoxy) is 1. The van der Waals surface area contributed by atoms with Gasteiger partial charge in [-0.25, -0.2) is 4.98 Å². The second kappa shape index (κ2) is 8.68. The van der Waals surface area contributed by atoms with Crippen molar-refractivity contribution in [2.45, 2.75) is 64.6 Å². The van der Waals surface area contributed by atoms with Gasteiger partial charge in [-0.15, -0.1) is 0 Å². The minimum absolute atomic E-state index is 0.0560. The van der Waals surface area contributed by atoms with Gasteiger partial charge in [-0.3, -0.25) is 4.79 Å². The zero-order valence-electron chi connectivity index (χ0n) is 18.0. The van der Waals surface area contributed by atoms with Crippen molar-refractivity contribution in [3.05, 3.63) is 23.4 Å². The average molecular weight is 400 g/mol. The molecule has 29 heavy (non-hydrogen) atoms. The van der Waals surface area contributed by atoms with Crippen molar-refractivity contribution in [1.82, 2.24) is 15.2 Å². The molecule has 3 heterocycles. The van der Waals surface area contributed by atoms with Crippen LogP contribution in [0.15, 0.2) is 12.3 Å². The molecule has 1 aromatic heterocycles. The van der Waals surface area contributed by atoms with E-state index in [-0.39, 0.29) is 11.3 Å². The van der Waals surface area contributed by atoms with E-state index in [0.717, 1.165) is 36.5 Å². The summed E-state index contributed by atoms with van der Waals surface area (Å²) in [6.07, 6.45) is 4.47. The Morgan fingerprint density at radius 3 is 2.79 bits per heavy atom. The van der Waals surface area contributed by atoms with Gasteiger partial charge in [-0.05, 0) is 49.8 Å². The quantitative estimate of drug-likeness (QED) is 0.791. The van der Waals surface area contributed by atoms with Gasteiger partial charge in [0.25, 0.3) is 0 Å². The summed E-state index contributed by atoms with van der Waals surface area (Å²) < 4.78 is 5.55. The van der Waals surface area contributed by atoms with Gasteiger partial charge >= 0.3 is 0 Å². The van der Waals surface area contributed by atoms with Gasteiger partial charge in [0.1, 0.15) is 17.4 Å². The van der Waals surface area contributed by atoms with Crippen molar-refractivity contribution in [2.24, 2.45) is 5.41 Å². The number of hydrogen-bond donors (Lipinski definition) is 2. The number of fused-ring (bicyclic) bond motifs is 1. The molecule has 2 aliphatic heterocycles. The van der Waals surface area contributed by atoms with E-state index in [1.54, 1.807) is 6.20 Å². The number of hydrogen-bond acceptors (Lipinski definition) is 6. The highest BCUT2D eigenvalue weighted by molar-refractivity contribution is 5.85. The Hall–Kier alpha value is -2.17. The lowest BCUT2D eigenvalue weighted by atomic mass is 9.85. The molecule has 7 nitrogen and oxygen atoms in total. The number of nitriles is 1. The molecule has 0 saturated carbocycles. The summed E-state index contributed by atoms with van der Waals surface area (Å²) in [5, 5.41) is 16.3. The third-order valence-corrected chi connectivity index (χ3v) is 5.77. The number of aromatic nitrogens is 1. The number of rotatable bonds is 5. The summed E-state index contributed by atoms with van der Waals surface area (Å²) in [5.41, 5.74) is 1.39. The Balaban J connectivity index is 1.80. The number of anilines is 1. The first-order chi connectivity index (χ1) is 13.7. The van der Waals surface area contributed by atoms with Crippen LogP contribution in [0.1, 0.15) is 51.2 Å². The Labute approximate surface area is 173 Å². The van der Waals surface area contributed by atoms with Crippen LogP contribution in [0, 0.1) is 16.7 Å². The topological polar surface area (TPSA) is 90.3 Å². The van der Waals surface area contributed by atoms with Crippen LogP contribution in [0.3, 0.4) is 0 Å². The maximum absolute atomic E-state index is 13.3. The van der Waals surface area contributed by atoms with E-state index >= 15 is 0 Å². The van der Waals surface area contributed by atoms with Crippen molar-refractivity contribution in [2.75, 3.05) is 32.1 Å². The normalized spacial score (nSPS) is 20.2. The zero-order chi connectivity index (χ0) is 21.1. The molecule has 0 aromatic carbocycles. The molecule has 2 aliphatic rings. The van der Waals surface area contributed by atoms with Crippen molar-refractivity contribution in [3.63, 3.8) is 0 Å². The number of carbonyl (C=O) groups is 1. The molecule has 0 aliphatic carbocycles. The lowest BCUT2D eigenvalue weighted by molar-refractivity contribution is -0.124. The predicted octanol–water partition coefficient (Wildman–Crippen LogP) is 2.48. The summed E-state index contributed by atoms with van der Waals surface area (Å²) in [6, 6.07) is 3.90. The highest BCUT2D eigenvalue weighted by Crippen LogP contribution is 2.28. The van der Waals surface area contributed by atoms with Gasteiger partial charge in [0.2, 0.25) is 5.91 Å². The van der Waals surface area contributed by atoms with Crippen LogP contribution in [-0.2, 0) is 22.6 Å². The third kappa shape index (κ3) is 5.46. The highest BCUT2D eigenvalue weighted by Gasteiger charge is 2.38. The molecule has 1 fully saturated rings. The number of likely N-dealkylation sites (tertiary alicyclic amines) is 1. The van der Waals surface area contributed by atoms with Gasteiger partial charge in [-0.2, -0.15) is 5.26 Å². The van der Waals surface area contributed by atoms with E-state index in [9.17, 15) is 10.1 Å². The van der Waals surface area contributed by atoms with Crippen molar-refractivity contribution < 1.29 is 9.53 Å². The van der Waals surface area contributed by atoms with Gasteiger partial charge in [-0.1, -0.05) is 20.8 Å². The van der Waals surface area contributed by atoms with Crippen LogP contribution in [-0.4, -0.2) is 54.1 Å². The molecule has 3 rings (SSSR count). The molecule has 158 valence electrons. The van der Waals surface area contributed by atoms with Crippen LogP contribution in [0.5, 0.6) is 0 Å². The summed E-state index contributed by atoms with van der Waals surface area (Å²) in [7, 11) is 2.04. The smallest absolute Gasteiger partial charge is 0.243 e. The first-order valence-corrected chi connectivity index (χ1v) is 10.4. The van der Waals surface area contributed by atoms with E-state index in [4.69, 9.17) is 4.74 Å². The first-order valence-electron chi connectivity index (χ1n) is 10.4. The van der Waals surface area contributed by atoms with Gasteiger partial charge in [0, 0.05) is 24.8 Å². The lowest BCUT2D eigenvalue weighted by Gasteiger charge is -2.37. The maximum Gasteiger partial charge on any atom is 0.243 e. The van der Waals surface area contributed by atoms with Gasteiger partial charge in [0.15, 0.2) is 0 Å². The lowest BCUT2D eigenvalue weighted by Crippen LogP contribution is -2.57. The molecule has 1 amide bonds. The molecule has 1 saturated heterocycles. The largest absolute Gasteiger partial charge is 0.376 e. The molecule has 0 bridgehead atoms. The fraction of sp³-hybridized carbons (Fsp3) is 0.682. The molecule has 1 unspecified atom stereocenters. The standard InChI is InChI=1S/C22H33N5O2/c1-21(2,3)13-18(20(28)26-22(15-23)7-10-27(4)11-8-22)25-19-17-6-12-29-14-16(17)5-9-24-19/h5,9,18H,6-8,10-14H2,1-4H3,(H,24,25)(H,26,28).